The summed E-state index contributed by atoms with van der Waals surface area (Å²) in [7, 11) is 1.70. The lowest BCUT2D eigenvalue weighted by atomic mass is 9.89. The highest BCUT2D eigenvalue weighted by Gasteiger charge is 2.18. The number of hydrazone groups is 1. The maximum absolute atomic E-state index is 5.36. The number of rotatable bonds is 1. The Balaban J connectivity index is 2.55. The van der Waals surface area contributed by atoms with Gasteiger partial charge in [-0.3, -0.25) is 0 Å². The Morgan fingerprint density at radius 1 is 1.36 bits per heavy atom. The average Bonchev–Trinajstić information content (AvgIpc) is 2.27. The summed E-state index contributed by atoms with van der Waals surface area (Å²) in [5.41, 5.74) is 3.38. The van der Waals surface area contributed by atoms with Crippen LogP contribution >= 0.6 is 0 Å². The van der Waals surface area contributed by atoms with Gasteiger partial charge >= 0.3 is 0 Å². The van der Waals surface area contributed by atoms with Crippen LogP contribution in [0.1, 0.15) is 24.0 Å². The molecule has 3 nitrogen and oxygen atoms in total. The van der Waals surface area contributed by atoms with E-state index < -0.39 is 0 Å². The predicted octanol–water partition coefficient (Wildman–Crippen LogP) is 1.69. The average molecular weight is 190 g/mol. The van der Waals surface area contributed by atoms with E-state index >= 15 is 0 Å². The molecule has 0 spiro atoms. The van der Waals surface area contributed by atoms with E-state index in [-0.39, 0.29) is 0 Å². The van der Waals surface area contributed by atoms with Gasteiger partial charge < -0.3 is 10.6 Å². The molecule has 3 heteroatoms. The molecule has 0 fully saturated rings. The van der Waals surface area contributed by atoms with Crippen LogP contribution in [0.4, 0.5) is 0 Å². The first kappa shape index (κ1) is 9.06. The minimum absolute atomic E-state index is 0.948. The van der Waals surface area contributed by atoms with Crippen LogP contribution in [0.15, 0.2) is 23.3 Å². The van der Waals surface area contributed by atoms with Crippen LogP contribution in [0.25, 0.3) is 0 Å². The number of nitrogens with zero attached hydrogens (tertiary/aromatic N) is 1. The molecule has 0 unspecified atom stereocenters. The molecule has 14 heavy (non-hydrogen) atoms. The summed E-state index contributed by atoms with van der Waals surface area (Å²) in [5, 5.41) is 3.83. The zero-order chi connectivity index (χ0) is 9.97. The van der Waals surface area contributed by atoms with Crippen LogP contribution in [-0.2, 0) is 6.42 Å². The number of hydrogen-bond acceptors (Lipinski definition) is 3. The summed E-state index contributed by atoms with van der Waals surface area (Å²) in [4.78, 5) is 0. The smallest absolute Gasteiger partial charge is 0.122 e. The topological polar surface area (TPSA) is 47.6 Å². The molecule has 1 aromatic rings. The molecule has 1 aliphatic carbocycles. The molecule has 0 radical (unpaired) electrons. The summed E-state index contributed by atoms with van der Waals surface area (Å²) in [6.45, 7) is 0. The second-order valence-electron chi connectivity index (χ2n) is 3.42. The quantitative estimate of drug-likeness (QED) is 0.541. The van der Waals surface area contributed by atoms with Gasteiger partial charge in [-0.1, -0.05) is 12.1 Å². The van der Waals surface area contributed by atoms with Gasteiger partial charge in [0.15, 0.2) is 0 Å². The molecule has 0 aliphatic heterocycles. The van der Waals surface area contributed by atoms with Crippen LogP contribution < -0.4 is 10.6 Å². The third kappa shape index (κ3) is 1.35. The van der Waals surface area contributed by atoms with Crippen molar-refractivity contribution in [2.45, 2.75) is 19.3 Å². The maximum atomic E-state index is 5.36. The fourth-order valence-corrected chi connectivity index (χ4v) is 1.99. The molecule has 74 valence electrons. The Labute approximate surface area is 83.6 Å². The van der Waals surface area contributed by atoms with Crippen molar-refractivity contribution in [2.75, 3.05) is 7.11 Å². The number of hydrogen-bond donors (Lipinski definition) is 1. The molecule has 2 N–H and O–H groups in total. The molecule has 2 rings (SSSR count). The minimum atomic E-state index is 0.948. The van der Waals surface area contributed by atoms with Crippen LogP contribution in [-0.4, -0.2) is 12.8 Å². The zero-order valence-electron chi connectivity index (χ0n) is 8.29. The van der Waals surface area contributed by atoms with Gasteiger partial charge in [-0.15, -0.1) is 0 Å². The highest BCUT2D eigenvalue weighted by molar-refractivity contribution is 6.03. The SMILES string of the molecule is COc1cccc2c1CCCC2=NN. The Hall–Kier alpha value is -1.51. The summed E-state index contributed by atoms with van der Waals surface area (Å²) in [6, 6.07) is 6.02. The second-order valence-corrected chi connectivity index (χ2v) is 3.42. The van der Waals surface area contributed by atoms with E-state index in [1.807, 2.05) is 12.1 Å². The minimum Gasteiger partial charge on any atom is -0.496 e. The van der Waals surface area contributed by atoms with Gasteiger partial charge in [-0.2, -0.15) is 5.10 Å². The van der Waals surface area contributed by atoms with Crippen molar-refractivity contribution in [1.82, 2.24) is 0 Å². The number of methoxy groups -OCH3 is 1. The number of benzene rings is 1. The van der Waals surface area contributed by atoms with Crippen LogP contribution in [0.2, 0.25) is 0 Å². The number of ether oxygens (including phenoxy) is 1. The van der Waals surface area contributed by atoms with Crippen molar-refractivity contribution >= 4 is 5.71 Å². The molecule has 0 amide bonds. The summed E-state index contributed by atoms with van der Waals surface area (Å²) < 4.78 is 5.31. The van der Waals surface area contributed by atoms with E-state index in [9.17, 15) is 0 Å². The fraction of sp³-hybridized carbons (Fsp3) is 0.364. The van der Waals surface area contributed by atoms with E-state index in [4.69, 9.17) is 10.6 Å². The summed E-state index contributed by atoms with van der Waals surface area (Å²) in [5.74, 6) is 6.30. The Morgan fingerprint density at radius 3 is 2.93 bits per heavy atom. The monoisotopic (exact) mass is 190 g/mol. The van der Waals surface area contributed by atoms with E-state index in [1.165, 1.54) is 5.56 Å². The molecule has 0 heterocycles. The Bertz CT molecular complexity index is 372. The zero-order valence-corrected chi connectivity index (χ0v) is 8.29. The van der Waals surface area contributed by atoms with Crippen LogP contribution in [0, 0.1) is 0 Å². The molecule has 1 aromatic carbocycles. The third-order valence-corrected chi connectivity index (χ3v) is 2.66. The van der Waals surface area contributed by atoms with Gasteiger partial charge in [0.05, 0.1) is 12.8 Å². The fourth-order valence-electron chi connectivity index (χ4n) is 1.99. The van der Waals surface area contributed by atoms with E-state index in [0.29, 0.717) is 0 Å². The van der Waals surface area contributed by atoms with E-state index in [0.717, 1.165) is 36.3 Å². The molecule has 0 aromatic heterocycles. The van der Waals surface area contributed by atoms with Crippen LogP contribution in [0.3, 0.4) is 0 Å². The molecule has 1 aliphatic rings. The number of fused-ring (bicyclic) bond motifs is 1. The lowest BCUT2D eigenvalue weighted by Crippen LogP contribution is -2.14. The van der Waals surface area contributed by atoms with Crippen molar-refractivity contribution in [1.29, 1.82) is 0 Å². The van der Waals surface area contributed by atoms with Gasteiger partial charge in [-0.05, 0) is 25.3 Å². The van der Waals surface area contributed by atoms with Crippen molar-refractivity contribution < 1.29 is 4.74 Å². The van der Waals surface area contributed by atoms with Crippen molar-refractivity contribution in [2.24, 2.45) is 10.9 Å². The van der Waals surface area contributed by atoms with Gasteiger partial charge in [0, 0.05) is 11.1 Å². The Morgan fingerprint density at radius 2 is 2.21 bits per heavy atom. The number of nitrogens with two attached hydrogens (primary N) is 1. The first-order valence-corrected chi connectivity index (χ1v) is 4.80. The molecular weight excluding hydrogens is 176 g/mol. The van der Waals surface area contributed by atoms with Gasteiger partial charge in [0.1, 0.15) is 5.75 Å². The van der Waals surface area contributed by atoms with Crippen molar-refractivity contribution in [3.8, 4) is 5.75 Å². The predicted molar refractivity (Wildman–Crippen MR) is 56.7 cm³/mol. The molecule has 0 bridgehead atoms. The van der Waals surface area contributed by atoms with E-state index in [2.05, 4.69) is 11.2 Å². The maximum Gasteiger partial charge on any atom is 0.122 e. The molecule has 0 atom stereocenters. The van der Waals surface area contributed by atoms with Crippen LogP contribution in [0.5, 0.6) is 5.75 Å². The standard InChI is InChI=1S/C11H14N2O/c1-14-11-7-3-4-8-9(11)5-2-6-10(8)13-12/h3-4,7H,2,5-6,12H2,1H3. The first-order chi connectivity index (χ1) is 6.86. The highest BCUT2D eigenvalue weighted by atomic mass is 16.5. The second kappa shape index (κ2) is 3.70. The lowest BCUT2D eigenvalue weighted by Gasteiger charge is -2.19. The van der Waals surface area contributed by atoms with Crippen molar-refractivity contribution in [3.05, 3.63) is 29.3 Å². The van der Waals surface area contributed by atoms with Crippen molar-refractivity contribution in [3.63, 3.8) is 0 Å². The summed E-state index contributed by atoms with van der Waals surface area (Å²) >= 11 is 0. The van der Waals surface area contributed by atoms with Gasteiger partial charge in [0.25, 0.3) is 0 Å². The largest absolute Gasteiger partial charge is 0.496 e. The van der Waals surface area contributed by atoms with Gasteiger partial charge in [0.2, 0.25) is 0 Å². The van der Waals surface area contributed by atoms with E-state index in [1.54, 1.807) is 7.11 Å². The highest BCUT2D eigenvalue weighted by Crippen LogP contribution is 2.29. The van der Waals surface area contributed by atoms with Gasteiger partial charge in [-0.25, -0.2) is 0 Å². The first-order valence-electron chi connectivity index (χ1n) is 4.80. The third-order valence-electron chi connectivity index (χ3n) is 2.66. The molecular formula is C11H14N2O. The lowest BCUT2D eigenvalue weighted by molar-refractivity contribution is 0.408. The molecule has 0 saturated carbocycles. The normalized spacial score (nSPS) is 17.9. The molecule has 0 saturated heterocycles. The Kier molecular flexibility index (Phi) is 2.39. The summed E-state index contributed by atoms with van der Waals surface area (Å²) in [6.07, 6.45) is 3.12.